The second-order valence-corrected chi connectivity index (χ2v) is 4.22. The fourth-order valence-electron chi connectivity index (χ4n) is 1.08. The van der Waals surface area contributed by atoms with Gasteiger partial charge in [-0.25, -0.2) is 0 Å². The lowest BCUT2D eigenvalue weighted by atomic mass is 9.99. The Kier molecular flexibility index (Phi) is 1.69. The quantitative estimate of drug-likeness (QED) is 0.664. The zero-order chi connectivity index (χ0) is 7.73. The molecule has 1 aliphatic heterocycles. The zero-order valence-electron chi connectivity index (χ0n) is 5.96. The Morgan fingerprint density at radius 2 is 2.36 bits per heavy atom. The van der Waals surface area contributed by atoms with Gasteiger partial charge >= 0.3 is 0 Å². The third-order valence-electron chi connectivity index (χ3n) is 1.84. The highest BCUT2D eigenvalue weighted by atomic mass is 79.9. The molecule has 0 bridgehead atoms. The van der Waals surface area contributed by atoms with Crippen LogP contribution in [0.5, 0.6) is 0 Å². The van der Waals surface area contributed by atoms with Crippen molar-refractivity contribution in [3.8, 4) is 0 Å². The van der Waals surface area contributed by atoms with E-state index in [0.29, 0.717) is 0 Å². The largest absolute Gasteiger partial charge is 0.378 e. The standard InChI is InChI=1S/C8H8BrNO/c9-8(5-11-6-8)7-2-1-3-10-4-7/h1-4H,5-6H2. The molecule has 0 aliphatic carbocycles. The second-order valence-electron chi connectivity index (χ2n) is 2.70. The molecule has 1 aromatic rings. The number of nitrogens with zero attached hydrogens (tertiary/aromatic N) is 1. The topological polar surface area (TPSA) is 22.1 Å². The molecule has 0 radical (unpaired) electrons. The molecule has 0 unspecified atom stereocenters. The summed E-state index contributed by atoms with van der Waals surface area (Å²) in [5.41, 5.74) is 1.20. The van der Waals surface area contributed by atoms with E-state index < -0.39 is 0 Å². The van der Waals surface area contributed by atoms with E-state index in [0.717, 1.165) is 13.2 Å². The number of ether oxygens (including phenoxy) is 1. The minimum atomic E-state index is 0.0429. The lowest BCUT2D eigenvalue weighted by Crippen LogP contribution is -2.40. The van der Waals surface area contributed by atoms with Gasteiger partial charge in [0.05, 0.1) is 17.5 Å². The maximum absolute atomic E-state index is 5.12. The molecule has 2 heterocycles. The van der Waals surface area contributed by atoms with Crippen LogP contribution in [0.25, 0.3) is 0 Å². The number of alkyl halides is 1. The van der Waals surface area contributed by atoms with Crippen LogP contribution in [-0.2, 0) is 9.06 Å². The molecule has 11 heavy (non-hydrogen) atoms. The van der Waals surface area contributed by atoms with Crippen LogP contribution in [0.3, 0.4) is 0 Å². The Balaban J connectivity index is 2.29. The van der Waals surface area contributed by atoms with Crippen LogP contribution < -0.4 is 0 Å². The van der Waals surface area contributed by atoms with E-state index in [-0.39, 0.29) is 4.32 Å². The summed E-state index contributed by atoms with van der Waals surface area (Å²) in [5, 5.41) is 0. The first kappa shape index (κ1) is 7.25. The summed E-state index contributed by atoms with van der Waals surface area (Å²) in [5.74, 6) is 0. The SMILES string of the molecule is BrC1(c2cccnc2)COC1. The van der Waals surface area contributed by atoms with Crippen LogP contribution in [0.2, 0.25) is 0 Å². The van der Waals surface area contributed by atoms with Crippen molar-refractivity contribution in [1.82, 2.24) is 4.98 Å². The molecule has 1 aromatic heterocycles. The number of hydrogen-bond donors (Lipinski definition) is 0. The minimum Gasteiger partial charge on any atom is -0.378 e. The normalized spacial score (nSPS) is 20.8. The fourth-order valence-corrected chi connectivity index (χ4v) is 1.63. The van der Waals surface area contributed by atoms with Gasteiger partial charge in [-0.05, 0) is 11.6 Å². The molecule has 0 saturated carbocycles. The summed E-state index contributed by atoms with van der Waals surface area (Å²) in [6.45, 7) is 1.50. The third kappa shape index (κ3) is 1.19. The van der Waals surface area contributed by atoms with E-state index in [1.54, 1.807) is 6.20 Å². The molecule has 1 fully saturated rings. The van der Waals surface area contributed by atoms with Crippen molar-refractivity contribution in [2.24, 2.45) is 0 Å². The summed E-state index contributed by atoms with van der Waals surface area (Å²) in [4.78, 5) is 4.05. The van der Waals surface area contributed by atoms with Gasteiger partial charge in [0.1, 0.15) is 0 Å². The number of halogens is 1. The Bertz CT molecular complexity index is 246. The summed E-state index contributed by atoms with van der Waals surface area (Å²) < 4.78 is 5.16. The molecular formula is C8H8BrNO. The zero-order valence-corrected chi connectivity index (χ0v) is 7.54. The molecule has 0 N–H and O–H groups in total. The second kappa shape index (κ2) is 2.57. The Morgan fingerprint density at radius 1 is 1.55 bits per heavy atom. The van der Waals surface area contributed by atoms with Crippen LogP contribution in [0.4, 0.5) is 0 Å². The average Bonchev–Trinajstić information content (AvgIpc) is 2.02. The Morgan fingerprint density at radius 3 is 2.82 bits per heavy atom. The van der Waals surface area contributed by atoms with Crippen LogP contribution in [0, 0.1) is 0 Å². The number of aromatic nitrogens is 1. The monoisotopic (exact) mass is 213 g/mol. The predicted molar refractivity (Wildman–Crippen MR) is 45.7 cm³/mol. The van der Waals surface area contributed by atoms with Crippen molar-refractivity contribution < 1.29 is 4.74 Å². The van der Waals surface area contributed by atoms with Gasteiger partial charge in [-0.15, -0.1) is 0 Å². The van der Waals surface area contributed by atoms with Crippen molar-refractivity contribution in [2.75, 3.05) is 13.2 Å². The van der Waals surface area contributed by atoms with Gasteiger partial charge in [-0.2, -0.15) is 0 Å². The highest BCUT2D eigenvalue weighted by Crippen LogP contribution is 2.37. The number of pyridine rings is 1. The van der Waals surface area contributed by atoms with Crippen molar-refractivity contribution in [2.45, 2.75) is 4.32 Å². The van der Waals surface area contributed by atoms with Crippen LogP contribution in [-0.4, -0.2) is 18.2 Å². The summed E-state index contributed by atoms with van der Waals surface area (Å²) in [6, 6.07) is 4.00. The third-order valence-corrected chi connectivity index (χ3v) is 2.76. The lowest BCUT2D eigenvalue weighted by molar-refractivity contribution is -0.00712. The van der Waals surface area contributed by atoms with Crippen LogP contribution in [0.15, 0.2) is 24.5 Å². The first-order valence-corrected chi connectivity index (χ1v) is 4.28. The first-order chi connectivity index (χ1) is 5.31. The smallest absolute Gasteiger partial charge is 0.0986 e. The molecular weight excluding hydrogens is 206 g/mol. The van der Waals surface area contributed by atoms with E-state index in [9.17, 15) is 0 Å². The first-order valence-electron chi connectivity index (χ1n) is 3.48. The maximum atomic E-state index is 5.12. The molecule has 1 saturated heterocycles. The van der Waals surface area contributed by atoms with E-state index >= 15 is 0 Å². The fraction of sp³-hybridized carbons (Fsp3) is 0.375. The van der Waals surface area contributed by atoms with Gasteiger partial charge < -0.3 is 4.74 Å². The predicted octanol–water partition coefficient (Wildman–Crippen LogP) is 1.70. The maximum Gasteiger partial charge on any atom is 0.0986 e. The highest BCUT2D eigenvalue weighted by molar-refractivity contribution is 9.09. The molecule has 1 aliphatic rings. The molecule has 58 valence electrons. The molecule has 2 nitrogen and oxygen atoms in total. The van der Waals surface area contributed by atoms with Crippen molar-refractivity contribution in [3.63, 3.8) is 0 Å². The Labute approximate surface area is 73.7 Å². The Hall–Kier alpha value is -0.410. The van der Waals surface area contributed by atoms with Gasteiger partial charge in [0, 0.05) is 12.4 Å². The number of hydrogen-bond acceptors (Lipinski definition) is 2. The van der Waals surface area contributed by atoms with E-state index in [1.807, 2.05) is 12.3 Å². The summed E-state index contributed by atoms with van der Waals surface area (Å²) in [7, 11) is 0. The molecule has 0 aromatic carbocycles. The molecule has 3 heteroatoms. The highest BCUT2D eigenvalue weighted by Gasteiger charge is 2.37. The minimum absolute atomic E-state index is 0.0429. The average molecular weight is 214 g/mol. The van der Waals surface area contributed by atoms with Gasteiger partial charge in [0.15, 0.2) is 0 Å². The summed E-state index contributed by atoms with van der Waals surface area (Å²) >= 11 is 3.61. The van der Waals surface area contributed by atoms with Crippen molar-refractivity contribution in [3.05, 3.63) is 30.1 Å². The number of rotatable bonds is 1. The van der Waals surface area contributed by atoms with Gasteiger partial charge in [-0.3, -0.25) is 4.98 Å². The van der Waals surface area contributed by atoms with Crippen LogP contribution >= 0.6 is 15.9 Å². The van der Waals surface area contributed by atoms with E-state index in [2.05, 4.69) is 27.0 Å². The van der Waals surface area contributed by atoms with Crippen molar-refractivity contribution >= 4 is 15.9 Å². The summed E-state index contributed by atoms with van der Waals surface area (Å²) in [6.07, 6.45) is 3.65. The van der Waals surface area contributed by atoms with E-state index in [4.69, 9.17) is 4.74 Å². The van der Waals surface area contributed by atoms with Gasteiger partial charge in [0.2, 0.25) is 0 Å². The molecule has 0 spiro atoms. The molecule has 2 rings (SSSR count). The molecule has 0 amide bonds. The van der Waals surface area contributed by atoms with Crippen LogP contribution in [0.1, 0.15) is 5.56 Å². The molecule has 0 atom stereocenters. The van der Waals surface area contributed by atoms with Gasteiger partial charge in [0.25, 0.3) is 0 Å². The van der Waals surface area contributed by atoms with E-state index in [1.165, 1.54) is 5.56 Å². The van der Waals surface area contributed by atoms with Gasteiger partial charge in [-0.1, -0.05) is 22.0 Å². The van der Waals surface area contributed by atoms with Crippen molar-refractivity contribution in [1.29, 1.82) is 0 Å². The lowest BCUT2D eigenvalue weighted by Gasteiger charge is -2.35.